The topological polar surface area (TPSA) is 58.3 Å². The molecule has 0 unspecified atom stereocenters. The first-order chi connectivity index (χ1) is 38.1. The number of para-hydroxylation sites is 3. The van der Waals surface area contributed by atoms with E-state index in [9.17, 15) is 0 Å². The molecule has 77 heavy (non-hydrogen) atoms. The lowest BCUT2D eigenvalue weighted by molar-refractivity contribution is 0.669. The first-order valence-electron chi connectivity index (χ1n) is 26.0. The number of thiophene rings is 1. The Kier molecular flexibility index (Phi) is 10.7. The molecule has 0 saturated heterocycles. The molecule has 0 bridgehead atoms. The molecule has 1 aliphatic rings. The number of allylic oxidation sites excluding steroid dienone is 1. The summed E-state index contributed by atoms with van der Waals surface area (Å²) in [5.41, 5.74) is 15.6. The number of furan rings is 1. The lowest BCUT2D eigenvalue weighted by Crippen LogP contribution is -2.15. The summed E-state index contributed by atoms with van der Waals surface area (Å²) in [6.07, 6.45) is 5.41. The standard InChI is InChI=1S/C70H45N5OS/c1-4-16-45(17-5-1)48-20-14-23-52(40-48)68-71-69(53-34-38-59-60-29-15-30-62(67(60)77-65(59)44-53)74(54-24-6-2-7-25-54)55-26-8-3-9-27-55)73-70(72-68)75(57-41-50-21-12-18-47-19-13-22-51(42-57)66(47)50)56-36-32-46(33-37-56)49-35-39-64-61(43-49)58-28-10-11-31-63(58)76-64/h1-18,20-44H,19H2. The van der Waals surface area contributed by atoms with Gasteiger partial charge in [-0.1, -0.05) is 176 Å². The van der Waals surface area contributed by atoms with E-state index in [-0.39, 0.29) is 0 Å². The average molecular weight is 1000 g/mol. The van der Waals surface area contributed by atoms with E-state index in [1.807, 2.05) is 18.2 Å². The molecular formula is C70H45N5OS. The van der Waals surface area contributed by atoms with Crippen LogP contribution in [-0.2, 0) is 6.42 Å². The first kappa shape index (κ1) is 44.5. The monoisotopic (exact) mass is 1000 g/mol. The van der Waals surface area contributed by atoms with E-state index in [4.69, 9.17) is 19.4 Å². The Bertz CT molecular complexity index is 4570. The highest BCUT2D eigenvalue weighted by molar-refractivity contribution is 7.26. The molecular weight excluding hydrogens is 959 g/mol. The van der Waals surface area contributed by atoms with Gasteiger partial charge in [0.2, 0.25) is 5.95 Å². The van der Waals surface area contributed by atoms with Crippen molar-refractivity contribution < 1.29 is 4.42 Å². The molecule has 0 spiro atoms. The van der Waals surface area contributed by atoms with Crippen molar-refractivity contribution in [1.82, 2.24) is 15.0 Å². The maximum atomic E-state index is 6.21. The predicted octanol–water partition coefficient (Wildman–Crippen LogP) is 19.5. The summed E-state index contributed by atoms with van der Waals surface area (Å²) in [7, 11) is 0. The zero-order valence-corrected chi connectivity index (χ0v) is 42.4. The Morgan fingerprint density at radius 3 is 1.81 bits per heavy atom. The molecule has 3 heterocycles. The summed E-state index contributed by atoms with van der Waals surface area (Å²) in [5.74, 6) is 1.67. The van der Waals surface area contributed by atoms with E-state index in [0.29, 0.717) is 17.6 Å². The van der Waals surface area contributed by atoms with Crippen molar-refractivity contribution in [2.24, 2.45) is 0 Å². The summed E-state index contributed by atoms with van der Waals surface area (Å²) in [6.45, 7) is 0. The minimum absolute atomic E-state index is 0.511. The molecule has 0 aliphatic heterocycles. The van der Waals surface area contributed by atoms with Gasteiger partial charge in [0, 0.05) is 54.4 Å². The molecule has 11 aromatic carbocycles. The van der Waals surface area contributed by atoms with Gasteiger partial charge in [0.25, 0.3) is 0 Å². The summed E-state index contributed by atoms with van der Waals surface area (Å²) in [6, 6.07) is 88.1. The number of rotatable bonds is 10. The van der Waals surface area contributed by atoms with E-state index in [2.05, 4.69) is 252 Å². The third-order valence-electron chi connectivity index (χ3n) is 14.9. The van der Waals surface area contributed by atoms with Crippen LogP contribution in [0.4, 0.5) is 34.4 Å². The molecule has 7 heteroatoms. The van der Waals surface area contributed by atoms with Crippen molar-refractivity contribution in [3.63, 3.8) is 0 Å². The van der Waals surface area contributed by atoms with Gasteiger partial charge >= 0.3 is 0 Å². The summed E-state index contributed by atoms with van der Waals surface area (Å²) in [4.78, 5) is 20.9. The molecule has 0 N–H and O–H groups in total. The quantitative estimate of drug-likeness (QED) is 0.136. The minimum Gasteiger partial charge on any atom is -0.456 e. The fourth-order valence-corrected chi connectivity index (χ4v) is 12.5. The predicted molar refractivity (Wildman–Crippen MR) is 321 cm³/mol. The van der Waals surface area contributed by atoms with Crippen LogP contribution in [0.25, 0.3) is 104 Å². The van der Waals surface area contributed by atoms with Crippen LogP contribution in [0, 0.1) is 0 Å². The van der Waals surface area contributed by atoms with E-state index in [1.165, 1.54) is 37.4 Å². The Morgan fingerprint density at radius 2 is 1.00 bits per heavy atom. The molecule has 15 rings (SSSR count). The number of nitrogens with zero attached hydrogens (tertiary/aromatic N) is 5. The first-order valence-corrected chi connectivity index (χ1v) is 26.8. The number of hydrogen-bond donors (Lipinski definition) is 0. The molecule has 14 aromatic rings. The Hall–Kier alpha value is -9.95. The fourth-order valence-electron chi connectivity index (χ4n) is 11.2. The Morgan fingerprint density at radius 1 is 0.390 bits per heavy atom. The highest BCUT2D eigenvalue weighted by Crippen LogP contribution is 2.46. The zero-order chi connectivity index (χ0) is 50.8. The molecule has 3 aromatic heterocycles. The minimum atomic E-state index is 0.511. The molecule has 0 atom stereocenters. The zero-order valence-electron chi connectivity index (χ0n) is 41.6. The molecule has 1 aliphatic carbocycles. The second-order valence-corrected chi connectivity index (χ2v) is 20.6. The summed E-state index contributed by atoms with van der Waals surface area (Å²) < 4.78 is 8.56. The summed E-state index contributed by atoms with van der Waals surface area (Å²) >= 11 is 1.80. The second-order valence-electron chi connectivity index (χ2n) is 19.6. The molecule has 0 amide bonds. The number of anilines is 6. The second kappa shape index (κ2) is 18.5. The highest BCUT2D eigenvalue weighted by atomic mass is 32.1. The van der Waals surface area contributed by atoms with Crippen LogP contribution in [0.1, 0.15) is 11.1 Å². The van der Waals surface area contributed by atoms with Gasteiger partial charge in [-0.05, 0) is 136 Å². The van der Waals surface area contributed by atoms with E-state index < -0.39 is 0 Å². The third kappa shape index (κ3) is 7.91. The van der Waals surface area contributed by atoms with Gasteiger partial charge in [0.1, 0.15) is 11.2 Å². The van der Waals surface area contributed by atoms with E-state index in [0.717, 1.165) is 94.9 Å². The number of fused-ring (bicyclic) bond motifs is 6. The van der Waals surface area contributed by atoms with Gasteiger partial charge in [-0.25, -0.2) is 4.98 Å². The van der Waals surface area contributed by atoms with E-state index in [1.54, 1.807) is 11.3 Å². The van der Waals surface area contributed by atoms with Gasteiger partial charge in [0.05, 0.1) is 16.1 Å². The van der Waals surface area contributed by atoms with Crippen molar-refractivity contribution in [2.75, 3.05) is 9.80 Å². The van der Waals surface area contributed by atoms with Crippen molar-refractivity contribution in [3.05, 3.63) is 266 Å². The Labute approximate surface area is 448 Å². The van der Waals surface area contributed by atoms with Crippen LogP contribution >= 0.6 is 11.3 Å². The largest absolute Gasteiger partial charge is 0.456 e. The molecule has 0 radical (unpaired) electrons. The number of benzene rings is 11. The highest BCUT2D eigenvalue weighted by Gasteiger charge is 2.24. The number of hydrogen-bond acceptors (Lipinski definition) is 7. The van der Waals surface area contributed by atoms with Crippen LogP contribution in [0.2, 0.25) is 0 Å². The SMILES string of the molecule is C1=Cc2cc(N(c3ccc(-c4ccc5oc6ccccc6c5c4)cc3)c3nc(-c4cccc(-c5ccccc5)c4)nc(-c4ccc5c(c4)sc4c(N(c6ccccc6)c6ccccc6)cccc45)n3)cc3cccc(c23)C1. The van der Waals surface area contributed by atoms with Crippen LogP contribution in [-0.4, -0.2) is 15.0 Å². The van der Waals surface area contributed by atoms with Gasteiger partial charge in [-0.2, -0.15) is 9.97 Å². The fraction of sp³-hybridized carbons (Fsp3) is 0.0143. The lowest BCUT2D eigenvalue weighted by atomic mass is 9.92. The van der Waals surface area contributed by atoms with Crippen LogP contribution in [0.3, 0.4) is 0 Å². The molecule has 0 saturated carbocycles. The smallest absolute Gasteiger partial charge is 0.238 e. The Balaban J connectivity index is 0.918. The van der Waals surface area contributed by atoms with Crippen LogP contribution in [0.15, 0.2) is 259 Å². The van der Waals surface area contributed by atoms with Gasteiger partial charge in [-0.3, -0.25) is 4.90 Å². The molecule has 0 fully saturated rings. The van der Waals surface area contributed by atoms with Gasteiger partial charge < -0.3 is 9.32 Å². The maximum Gasteiger partial charge on any atom is 0.238 e. The van der Waals surface area contributed by atoms with Crippen molar-refractivity contribution in [1.29, 1.82) is 0 Å². The molecule has 6 nitrogen and oxygen atoms in total. The van der Waals surface area contributed by atoms with Crippen LogP contribution < -0.4 is 9.80 Å². The third-order valence-corrected chi connectivity index (χ3v) is 16.1. The van der Waals surface area contributed by atoms with Gasteiger partial charge in [0.15, 0.2) is 11.6 Å². The summed E-state index contributed by atoms with van der Waals surface area (Å²) in [5, 5.41) is 7.03. The van der Waals surface area contributed by atoms with Gasteiger partial charge in [-0.15, -0.1) is 11.3 Å². The van der Waals surface area contributed by atoms with Crippen molar-refractivity contribution in [2.45, 2.75) is 6.42 Å². The maximum absolute atomic E-state index is 6.21. The normalized spacial score (nSPS) is 12.1. The lowest BCUT2D eigenvalue weighted by Gasteiger charge is -2.26. The van der Waals surface area contributed by atoms with Crippen molar-refractivity contribution >= 4 is 105 Å². The van der Waals surface area contributed by atoms with Crippen molar-refractivity contribution in [3.8, 4) is 45.0 Å². The van der Waals surface area contributed by atoms with Crippen LogP contribution in [0.5, 0.6) is 0 Å². The van der Waals surface area contributed by atoms with E-state index >= 15 is 0 Å². The molecule has 362 valence electrons. The number of aromatic nitrogens is 3. The average Bonchev–Trinajstić information content (AvgIpc) is 4.08.